The minimum atomic E-state index is -0.0953. The summed E-state index contributed by atoms with van der Waals surface area (Å²) in [5.74, 6) is 1.02. The summed E-state index contributed by atoms with van der Waals surface area (Å²) >= 11 is 0. The van der Waals surface area contributed by atoms with Gasteiger partial charge < -0.3 is 20.4 Å². The zero-order chi connectivity index (χ0) is 22.1. The van der Waals surface area contributed by atoms with E-state index >= 15 is 0 Å². The van der Waals surface area contributed by atoms with Gasteiger partial charge in [0.15, 0.2) is 6.61 Å². The number of benzene rings is 2. The first kappa shape index (κ1) is 20.3. The van der Waals surface area contributed by atoms with Crippen molar-refractivity contribution in [3.63, 3.8) is 0 Å². The standard InChI is InChI=1S/C24H26N6O2/c1-15-3-6-22-17(7-15)11-25-24(29-22)28-20-8-16(18-12-26-30(2)13-18)9-21(10-20)32-14-23(31)27-19-4-5-19/h3,6-11,13,19,26H,4-5,12,14H2,1-2H3,(H,27,31)(H,25,28,29). The van der Waals surface area contributed by atoms with Gasteiger partial charge in [0.05, 0.1) is 5.52 Å². The van der Waals surface area contributed by atoms with Gasteiger partial charge in [0, 0.05) is 49.2 Å². The van der Waals surface area contributed by atoms with Gasteiger partial charge >= 0.3 is 0 Å². The van der Waals surface area contributed by atoms with Crippen LogP contribution in [0.1, 0.15) is 24.0 Å². The van der Waals surface area contributed by atoms with Crippen molar-refractivity contribution in [1.29, 1.82) is 0 Å². The smallest absolute Gasteiger partial charge is 0.258 e. The van der Waals surface area contributed by atoms with Crippen LogP contribution in [0.5, 0.6) is 5.75 Å². The van der Waals surface area contributed by atoms with Gasteiger partial charge in [-0.25, -0.2) is 15.4 Å². The minimum Gasteiger partial charge on any atom is -0.484 e. The van der Waals surface area contributed by atoms with Crippen LogP contribution in [-0.2, 0) is 4.79 Å². The molecule has 8 heteroatoms. The van der Waals surface area contributed by atoms with Crippen molar-refractivity contribution in [2.75, 3.05) is 25.5 Å². The summed E-state index contributed by atoms with van der Waals surface area (Å²) in [6.45, 7) is 2.75. The van der Waals surface area contributed by atoms with Gasteiger partial charge in [0.25, 0.3) is 5.91 Å². The van der Waals surface area contributed by atoms with Crippen LogP contribution in [0.4, 0.5) is 11.6 Å². The van der Waals surface area contributed by atoms with Gasteiger partial charge in [-0.2, -0.15) is 0 Å². The number of hydrogen-bond acceptors (Lipinski definition) is 7. The maximum Gasteiger partial charge on any atom is 0.258 e. The molecule has 1 aliphatic carbocycles. The van der Waals surface area contributed by atoms with Gasteiger partial charge in [-0.1, -0.05) is 11.6 Å². The predicted molar refractivity (Wildman–Crippen MR) is 124 cm³/mol. The Bertz CT molecular complexity index is 1200. The predicted octanol–water partition coefficient (Wildman–Crippen LogP) is 3.13. The number of nitrogens with one attached hydrogen (secondary N) is 3. The van der Waals surface area contributed by atoms with Crippen molar-refractivity contribution in [1.82, 2.24) is 25.7 Å². The largest absolute Gasteiger partial charge is 0.484 e. The Labute approximate surface area is 186 Å². The number of rotatable bonds is 7. The number of carbonyl (C=O) groups is 1. The number of nitrogens with zero attached hydrogens (tertiary/aromatic N) is 3. The molecule has 2 aliphatic rings. The van der Waals surface area contributed by atoms with E-state index in [1.54, 1.807) is 0 Å². The highest BCUT2D eigenvalue weighted by Gasteiger charge is 2.23. The lowest BCUT2D eigenvalue weighted by molar-refractivity contribution is -0.123. The number of aromatic nitrogens is 2. The first-order valence-corrected chi connectivity index (χ1v) is 10.8. The molecule has 164 valence electrons. The summed E-state index contributed by atoms with van der Waals surface area (Å²) < 4.78 is 5.83. The van der Waals surface area contributed by atoms with Crippen molar-refractivity contribution in [3.8, 4) is 5.75 Å². The van der Waals surface area contributed by atoms with Crippen LogP contribution in [0.15, 0.2) is 48.8 Å². The van der Waals surface area contributed by atoms with Crippen LogP contribution >= 0.6 is 0 Å². The molecule has 1 fully saturated rings. The molecule has 8 nitrogen and oxygen atoms in total. The molecule has 0 bridgehead atoms. The second-order valence-corrected chi connectivity index (χ2v) is 8.36. The lowest BCUT2D eigenvalue weighted by Gasteiger charge is -2.13. The van der Waals surface area contributed by atoms with E-state index in [-0.39, 0.29) is 12.5 Å². The lowest BCUT2D eigenvalue weighted by Crippen LogP contribution is -2.30. The van der Waals surface area contributed by atoms with E-state index in [2.05, 4.69) is 32.1 Å². The van der Waals surface area contributed by atoms with Crippen LogP contribution in [0.25, 0.3) is 16.5 Å². The number of hydrogen-bond donors (Lipinski definition) is 3. The molecule has 0 unspecified atom stereocenters. The average Bonchev–Trinajstić information content (AvgIpc) is 3.48. The van der Waals surface area contributed by atoms with Gasteiger partial charge in [0.2, 0.25) is 5.95 Å². The third-order valence-corrected chi connectivity index (χ3v) is 5.45. The van der Waals surface area contributed by atoms with Gasteiger partial charge in [0.1, 0.15) is 5.75 Å². The van der Waals surface area contributed by atoms with Crippen LogP contribution < -0.4 is 20.8 Å². The summed E-state index contributed by atoms with van der Waals surface area (Å²) in [4.78, 5) is 21.2. The van der Waals surface area contributed by atoms with Crippen LogP contribution in [-0.4, -0.2) is 47.1 Å². The van der Waals surface area contributed by atoms with E-state index < -0.39 is 0 Å². The number of anilines is 2. The Kier molecular flexibility index (Phi) is 5.36. The quantitative estimate of drug-likeness (QED) is 0.530. The molecule has 32 heavy (non-hydrogen) atoms. The third kappa shape index (κ3) is 4.81. The van der Waals surface area contributed by atoms with E-state index in [4.69, 9.17) is 4.74 Å². The number of fused-ring (bicyclic) bond motifs is 1. The highest BCUT2D eigenvalue weighted by molar-refractivity contribution is 5.80. The van der Waals surface area contributed by atoms with Gasteiger partial charge in [-0.3, -0.25) is 4.79 Å². The van der Waals surface area contributed by atoms with E-state index in [9.17, 15) is 4.79 Å². The number of hydrazine groups is 1. The summed E-state index contributed by atoms with van der Waals surface area (Å²) in [7, 11) is 1.96. The summed E-state index contributed by atoms with van der Waals surface area (Å²) in [5, 5.41) is 9.16. The summed E-state index contributed by atoms with van der Waals surface area (Å²) in [6, 6.07) is 12.3. The van der Waals surface area contributed by atoms with Crippen LogP contribution in [0, 0.1) is 6.92 Å². The van der Waals surface area contributed by atoms with E-state index in [0.29, 0.717) is 24.3 Å². The van der Waals surface area contributed by atoms with Gasteiger partial charge in [-0.15, -0.1) is 0 Å². The van der Waals surface area contributed by atoms with E-state index in [0.717, 1.165) is 40.6 Å². The normalized spacial score (nSPS) is 15.6. The zero-order valence-corrected chi connectivity index (χ0v) is 18.2. The Morgan fingerprint density at radius 3 is 2.91 bits per heavy atom. The molecule has 0 spiro atoms. The molecule has 3 N–H and O–H groups in total. The van der Waals surface area contributed by atoms with Crippen LogP contribution in [0.2, 0.25) is 0 Å². The molecule has 3 aromatic rings. The molecule has 1 aliphatic heterocycles. The fourth-order valence-corrected chi connectivity index (χ4v) is 3.64. The van der Waals surface area contributed by atoms with Gasteiger partial charge in [-0.05, 0) is 55.2 Å². The monoisotopic (exact) mass is 430 g/mol. The first-order chi connectivity index (χ1) is 15.5. The van der Waals surface area contributed by atoms with E-state index in [1.165, 1.54) is 5.56 Å². The molecule has 0 atom stereocenters. The first-order valence-electron chi connectivity index (χ1n) is 10.8. The Morgan fingerprint density at radius 2 is 2.12 bits per heavy atom. The fraction of sp³-hybridized carbons (Fsp3) is 0.292. The van der Waals surface area contributed by atoms with Crippen molar-refractivity contribution >= 4 is 34.0 Å². The number of carbonyl (C=O) groups excluding carboxylic acids is 1. The minimum absolute atomic E-state index is 0.0115. The van der Waals surface area contributed by atoms with E-state index in [1.807, 2.05) is 61.7 Å². The molecule has 5 rings (SSSR count). The third-order valence-electron chi connectivity index (χ3n) is 5.45. The molecule has 1 aromatic heterocycles. The van der Waals surface area contributed by atoms with Crippen molar-refractivity contribution < 1.29 is 9.53 Å². The Hall–Kier alpha value is -3.65. The summed E-state index contributed by atoms with van der Waals surface area (Å²) in [6.07, 6.45) is 5.96. The number of ether oxygens (including phenoxy) is 1. The highest BCUT2D eigenvalue weighted by Crippen LogP contribution is 2.29. The van der Waals surface area contributed by atoms with Crippen LogP contribution in [0.3, 0.4) is 0 Å². The number of aryl methyl sites for hydroxylation is 1. The molecular weight excluding hydrogens is 404 g/mol. The zero-order valence-electron chi connectivity index (χ0n) is 18.2. The molecule has 1 saturated carbocycles. The lowest BCUT2D eigenvalue weighted by atomic mass is 10.1. The second-order valence-electron chi connectivity index (χ2n) is 8.36. The van der Waals surface area contributed by atoms with Crippen molar-refractivity contribution in [3.05, 3.63) is 59.9 Å². The molecule has 1 amide bonds. The second kappa shape index (κ2) is 8.47. The average molecular weight is 431 g/mol. The topological polar surface area (TPSA) is 91.4 Å². The molecule has 0 saturated heterocycles. The van der Waals surface area contributed by atoms with Crippen molar-refractivity contribution in [2.24, 2.45) is 0 Å². The maximum atomic E-state index is 12.1. The Morgan fingerprint density at radius 1 is 1.25 bits per heavy atom. The molecule has 2 aromatic carbocycles. The van der Waals surface area contributed by atoms with Crippen molar-refractivity contribution in [2.45, 2.75) is 25.8 Å². The number of amides is 1. The highest BCUT2D eigenvalue weighted by atomic mass is 16.5. The molecular formula is C24H26N6O2. The SMILES string of the molecule is Cc1ccc2nc(Nc3cc(OCC(=O)NC4CC4)cc(C4=CN(C)NC4)c3)ncc2c1. The summed E-state index contributed by atoms with van der Waals surface area (Å²) in [5.41, 5.74) is 8.22. The molecule has 0 radical (unpaired) electrons. The Balaban J connectivity index is 1.40. The fourth-order valence-electron chi connectivity index (χ4n) is 3.64. The molecule has 2 heterocycles. The maximum absolute atomic E-state index is 12.1.